The van der Waals surface area contributed by atoms with Gasteiger partial charge in [-0.1, -0.05) is 19.1 Å². The summed E-state index contributed by atoms with van der Waals surface area (Å²) in [7, 11) is 0. The van der Waals surface area contributed by atoms with E-state index in [1.807, 2.05) is 0 Å². The van der Waals surface area contributed by atoms with Crippen molar-refractivity contribution >= 4 is 5.69 Å². The van der Waals surface area contributed by atoms with Gasteiger partial charge in [0.05, 0.1) is 12.7 Å². The van der Waals surface area contributed by atoms with E-state index in [1.165, 1.54) is 11.3 Å². The molecular weight excluding hydrogens is 224 g/mol. The smallest absolute Gasteiger partial charge is 0.0748 e. The zero-order valence-electron chi connectivity index (χ0n) is 11.1. The van der Waals surface area contributed by atoms with E-state index in [0.29, 0.717) is 6.10 Å². The molecule has 1 unspecified atom stereocenters. The van der Waals surface area contributed by atoms with Crippen LogP contribution in [0.3, 0.4) is 0 Å². The molecule has 3 rings (SSSR count). The van der Waals surface area contributed by atoms with Crippen molar-refractivity contribution in [2.45, 2.75) is 32.4 Å². The van der Waals surface area contributed by atoms with Crippen LogP contribution < -0.4 is 10.2 Å². The van der Waals surface area contributed by atoms with Crippen LogP contribution in [0.25, 0.3) is 0 Å². The summed E-state index contributed by atoms with van der Waals surface area (Å²) in [4.78, 5) is 2.52. The van der Waals surface area contributed by atoms with Gasteiger partial charge in [0.15, 0.2) is 0 Å². The zero-order chi connectivity index (χ0) is 12.4. The van der Waals surface area contributed by atoms with Gasteiger partial charge in [-0.3, -0.25) is 0 Å². The lowest BCUT2D eigenvalue weighted by Crippen LogP contribution is -2.43. The first kappa shape index (κ1) is 12.0. The normalized spacial score (nSPS) is 23.8. The van der Waals surface area contributed by atoms with Crippen molar-refractivity contribution in [3.05, 3.63) is 29.3 Å². The van der Waals surface area contributed by atoms with Crippen LogP contribution in [0, 0.1) is 0 Å². The highest BCUT2D eigenvalue weighted by atomic mass is 16.5. The van der Waals surface area contributed by atoms with Crippen molar-refractivity contribution in [3.63, 3.8) is 0 Å². The van der Waals surface area contributed by atoms with Crippen LogP contribution >= 0.6 is 0 Å². The van der Waals surface area contributed by atoms with E-state index in [0.717, 1.165) is 45.6 Å². The molecule has 1 aromatic carbocycles. The molecule has 0 amide bonds. The van der Waals surface area contributed by atoms with Gasteiger partial charge in [0.25, 0.3) is 0 Å². The van der Waals surface area contributed by atoms with Gasteiger partial charge >= 0.3 is 0 Å². The zero-order valence-corrected chi connectivity index (χ0v) is 11.1. The number of fused-ring (bicyclic) bond motifs is 1. The molecule has 0 spiro atoms. The van der Waals surface area contributed by atoms with E-state index in [4.69, 9.17) is 4.74 Å². The predicted octanol–water partition coefficient (Wildman–Crippen LogP) is 1.95. The first-order chi connectivity index (χ1) is 8.88. The van der Waals surface area contributed by atoms with E-state index in [9.17, 15) is 0 Å². The molecule has 3 nitrogen and oxygen atoms in total. The van der Waals surface area contributed by atoms with Crippen molar-refractivity contribution in [1.82, 2.24) is 5.32 Å². The minimum absolute atomic E-state index is 0.399. The number of hydrogen-bond donors (Lipinski definition) is 1. The molecule has 2 aliphatic heterocycles. The Morgan fingerprint density at radius 3 is 3.28 bits per heavy atom. The Labute approximate surface area is 109 Å². The van der Waals surface area contributed by atoms with Crippen LogP contribution in [0.15, 0.2) is 18.2 Å². The highest BCUT2D eigenvalue weighted by Crippen LogP contribution is 2.28. The van der Waals surface area contributed by atoms with Gasteiger partial charge in [-0.2, -0.15) is 0 Å². The summed E-state index contributed by atoms with van der Waals surface area (Å²) in [6.45, 7) is 7.26. The number of nitrogens with one attached hydrogen (secondary N) is 1. The monoisotopic (exact) mass is 246 g/mol. The SMILES string of the molecule is CCC1CN(c2cccc3c2CCNC3)CCO1. The summed E-state index contributed by atoms with van der Waals surface area (Å²) in [6.07, 6.45) is 2.66. The first-order valence-corrected chi connectivity index (χ1v) is 7.06. The van der Waals surface area contributed by atoms with Crippen molar-refractivity contribution in [2.75, 3.05) is 31.1 Å². The summed E-state index contributed by atoms with van der Waals surface area (Å²) in [5.41, 5.74) is 4.46. The van der Waals surface area contributed by atoms with Gasteiger partial charge in [0, 0.05) is 25.3 Å². The minimum atomic E-state index is 0.399. The van der Waals surface area contributed by atoms with E-state index < -0.39 is 0 Å². The fourth-order valence-corrected chi connectivity index (χ4v) is 2.99. The van der Waals surface area contributed by atoms with Gasteiger partial charge in [0.1, 0.15) is 0 Å². The lowest BCUT2D eigenvalue weighted by molar-refractivity contribution is 0.0384. The van der Waals surface area contributed by atoms with E-state index in [1.54, 1.807) is 5.56 Å². The Kier molecular flexibility index (Phi) is 3.52. The number of ether oxygens (including phenoxy) is 1. The molecule has 0 bridgehead atoms. The van der Waals surface area contributed by atoms with Gasteiger partial charge in [0.2, 0.25) is 0 Å². The molecule has 1 atom stereocenters. The molecule has 1 saturated heterocycles. The largest absolute Gasteiger partial charge is 0.375 e. The molecule has 3 heteroatoms. The van der Waals surface area contributed by atoms with Crippen LogP contribution in [0.2, 0.25) is 0 Å². The summed E-state index contributed by atoms with van der Waals surface area (Å²) >= 11 is 0. The summed E-state index contributed by atoms with van der Waals surface area (Å²) in [5, 5.41) is 3.45. The molecule has 1 fully saturated rings. The molecular formula is C15H22N2O. The third-order valence-electron chi connectivity index (χ3n) is 4.05. The summed E-state index contributed by atoms with van der Waals surface area (Å²) in [5.74, 6) is 0. The molecule has 0 radical (unpaired) electrons. The Morgan fingerprint density at radius 1 is 1.44 bits per heavy atom. The number of rotatable bonds is 2. The first-order valence-electron chi connectivity index (χ1n) is 7.06. The average Bonchev–Trinajstić information content (AvgIpc) is 2.47. The highest BCUT2D eigenvalue weighted by molar-refractivity contribution is 5.58. The van der Waals surface area contributed by atoms with Crippen LogP contribution in [-0.4, -0.2) is 32.3 Å². The Bertz CT molecular complexity index is 419. The number of benzene rings is 1. The minimum Gasteiger partial charge on any atom is -0.375 e. The van der Waals surface area contributed by atoms with Gasteiger partial charge in [-0.05, 0) is 36.6 Å². The molecule has 0 saturated carbocycles. The Hall–Kier alpha value is -1.06. The molecule has 0 aromatic heterocycles. The molecule has 2 aliphatic rings. The topological polar surface area (TPSA) is 24.5 Å². The fourth-order valence-electron chi connectivity index (χ4n) is 2.99. The molecule has 2 heterocycles. The third kappa shape index (κ3) is 2.25. The number of hydrogen-bond acceptors (Lipinski definition) is 3. The van der Waals surface area contributed by atoms with Crippen LogP contribution in [0.1, 0.15) is 24.5 Å². The molecule has 0 aliphatic carbocycles. The second-order valence-electron chi connectivity index (χ2n) is 5.19. The third-order valence-corrected chi connectivity index (χ3v) is 4.05. The van der Waals surface area contributed by atoms with E-state index in [-0.39, 0.29) is 0 Å². The van der Waals surface area contributed by atoms with Crippen LogP contribution in [-0.2, 0) is 17.7 Å². The lowest BCUT2D eigenvalue weighted by Gasteiger charge is -2.36. The van der Waals surface area contributed by atoms with E-state index in [2.05, 4.69) is 35.3 Å². The fraction of sp³-hybridized carbons (Fsp3) is 0.600. The number of anilines is 1. The van der Waals surface area contributed by atoms with Crippen LogP contribution in [0.4, 0.5) is 5.69 Å². The summed E-state index contributed by atoms with van der Waals surface area (Å²) < 4.78 is 5.77. The van der Waals surface area contributed by atoms with Gasteiger partial charge in [-0.25, -0.2) is 0 Å². The predicted molar refractivity (Wildman–Crippen MR) is 74.1 cm³/mol. The van der Waals surface area contributed by atoms with Crippen molar-refractivity contribution in [2.24, 2.45) is 0 Å². The number of morpholine rings is 1. The second-order valence-corrected chi connectivity index (χ2v) is 5.19. The quantitative estimate of drug-likeness (QED) is 0.863. The van der Waals surface area contributed by atoms with Gasteiger partial charge < -0.3 is 15.0 Å². The second kappa shape index (κ2) is 5.29. The molecule has 18 heavy (non-hydrogen) atoms. The Morgan fingerprint density at radius 2 is 2.39 bits per heavy atom. The lowest BCUT2D eigenvalue weighted by atomic mass is 9.98. The maximum absolute atomic E-state index is 5.77. The highest BCUT2D eigenvalue weighted by Gasteiger charge is 2.22. The Balaban J connectivity index is 1.87. The molecule has 1 N–H and O–H groups in total. The van der Waals surface area contributed by atoms with Crippen LogP contribution in [0.5, 0.6) is 0 Å². The maximum atomic E-state index is 5.77. The van der Waals surface area contributed by atoms with Crippen molar-refractivity contribution in [3.8, 4) is 0 Å². The molecule has 98 valence electrons. The van der Waals surface area contributed by atoms with Gasteiger partial charge in [-0.15, -0.1) is 0 Å². The van der Waals surface area contributed by atoms with Crippen molar-refractivity contribution in [1.29, 1.82) is 0 Å². The average molecular weight is 246 g/mol. The summed E-state index contributed by atoms with van der Waals surface area (Å²) in [6, 6.07) is 6.72. The van der Waals surface area contributed by atoms with E-state index >= 15 is 0 Å². The number of nitrogens with zero attached hydrogens (tertiary/aromatic N) is 1. The standard InChI is InChI=1S/C15H22N2O/c1-2-13-11-17(8-9-18-13)15-5-3-4-12-10-16-7-6-14(12)15/h3-5,13,16H,2,6-11H2,1H3. The van der Waals surface area contributed by atoms with Crippen molar-refractivity contribution < 1.29 is 4.74 Å². The molecule has 1 aromatic rings. The maximum Gasteiger partial charge on any atom is 0.0748 e.